The smallest absolute Gasteiger partial charge is 0.330 e. The predicted octanol–water partition coefficient (Wildman–Crippen LogP) is 1.14. The van der Waals surface area contributed by atoms with Crippen LogP contribution >= 0.6 is 12.4 Å². The van der Waals surface area contributed by atoms with Gasteiger partial charge in [0.2, 0.25) is 0 Å². The zero-order valence-electron chi connectivity index (χ0n) is 7.34. The molecule has 0 saturated heterocycles. The highest BCUT2D eigenvalue weighted by atomic mass is 35.5. The van der Waals surface area contributed by atoms with E-state index in [2.05, 4.69) is 11.9 Å². The van der Waals surface area contributed by atoms with Crippen LogP contribution in [0.15, 0.2) is 12.7 Å². The Kier molecular flexibility index (Phi) is 12.2. The number of halogens is 1. The highest BCUT2D eigenvalue weighted by Gasteiger charge is 1.93. The molecule has 0 radical (unpaired) electrons. The highest BCUT2D eigenvalue weighted by Crippen LogP contribution is 1.82. The van der Waals surface area contributed by atoms with Gasteiger partial charge in [0.1, 0.15) is 0 Å². The van der Waals surface area contributed by atoms with Crippen LogP contribution in [0.5, 0.6) is 0 Å². The van der Waals surface area contributed by atoms with Gasteiger partial charge in [-0.25, -0.2) is 4.79 Å². The lowest BCUT2D eigenvalue weighted by Crippen LogP contribution is -2.16. The lowest BCUT2D eigenvalue weighted by atomic mass is 10.4. The fourth-order valence-corrected chi connectivity index (χ4v) is 0.606. The summed E-state index contributed by atoms with van der Waals surface area (Å²) in [5, 5.41) is 3.12. The Balaban J connectivity index is 0. The van der Waals surface area contributed by atoms with Crippen LogP contribution in [-0.2, 0) is 9.53 Å². The van der Waals surface area contributed by atoms with Crippen molar-refractivity contribution in [2.45, 2.75) is 13.3 Å². The van der Waals surface area contributed by atoms with Crippen LogP contribution in [0.25, 0.3) is 0 Å². The number of esters is 1. The Bertz CT molecular complexity index is 128. The van der Waals surface area contributed by atoms with Gasteiger partial charge in [-0.3, -0.25) is 0 Å². The van der Waals surface area contributed by atoms with Crippen molar-refractivity contribution in [1.82, 2.24) is 5.32 Å². The number of nitrogens with one attached hydrogen (secondary N) is 1. The normalized spacial score (nSPS) is 8.42. The summed E-state index contributed by atoms with van der Waals surface area (Å²) in [5.41, 5.74) is 0. The van der Waals surface area contributed by atoms with Crippen LogP contribution in [0.2, 0.25) is 0 Å². The summed E-state index contributed by atoms with van der Waals surface area (Å²) in [4.78, 5) is 10.5. The van der Waals surface area contributed by atoms with E-state index in [-0.39, 0.29) is 18.4 Å². The van der Waals surface area contributed by atoms with E-state index in [1.165, 1.54) is 6.08 Å². The molecule has 0 rings (SSSR count). The summed E-state index contributed by atoms with van der Waals surface area (Å²) in [7, 11) is 0. The first kappa shape index (κ1) is 14.0. The summed E-state index contributed by atoms with van der Waals surface area (Å²) in [6.07, 6.45) is 2.03. The Labute approximate surface area is 79.6 Å². The molecule has 12 heavy (non-hydrogen) atoms. The maximum atomic E-state index is 10.5. The van der Waals surface area contributed by atoms with Gasteiger partial charge in [-0.15, -0.1) is 12.4 Å². The Hall–Kier alpha value is -0.540. The van der Waals surface area contributed by atoms with E-state index in [4.69, 9.17) is 4.74 Å². The van der Waals surface area contributed by atoms with Gasteiger partial charge in [0.25, 0.3) is 0 Å². The molecule has 0 unspecified atom stereocenters. The maximum absolute atomic E-state index is 10.5. The Morgan fingerprint density at radius 1 is 1.67 bits per heavy atom. The third kappa shape index (κ3) is 9.46. The van der Waals surface area contributed by atoms with Crippen molar-refractivity contribution in [3.05, 3.63) is 12.7 Å². The quantitative estimate of drug-likeness (QED) is 0.391. The maximum Gasteiger partial charge on any atom is 0.330 e. The molecule has 0 atom stereocenters. The number of rotatable bonds is 6. The fourth-order valence-electron chi connectivity index (χ4n) is 0.606. The van der Waals surface area contributed by atoms with E-state index in [0.717, 1.165) is 19.5 Å². The molecule has 0 amide bonds. The first-order valence-electron chi connectivity index (χ1n) is 3.81. The van der Waals surface area contributed by atoms with Crippen LogP contribution in [0.1, 0.15) is 13.3 Å². The van der Waals surface area contributed by atoms with Gasteiger partial charge in [-0.2, -0.15) is 0 Å². The van der Waals surface area contributed by atoms with Crippen LogP contribution in [0.3, 0.4) is 0 Å². The molecule has 0 aromatic rings. The lowest BCUT2D eigenvalue weighted by Gasteiger charge is -2.01. The number of hydrogen-bond acceptors (Lipinski definition) is 3. The monoisotopic (exact) mass is 193 g/mol. The molecule has 1 N–H and O–H groups in total. The molecule has 0 heterocycles. The van der Waals surface area contributed by atoms with Gasteiger partial charge in [0.05, 0.1) is 6.61 Å². The third-order valence-corrected chi connectivity index (χ3v) is 1.16. The van der Waals surface area contributed by atoms with E-state index in [9.17, 15) is 4.79 Å². The molecule has 0 aromatic carbocycles. The standard InChI is InChI=1S/C8H15NO2.ClH/c1-3-8(10)11-7-5-6-9-4-2;/h3,9H,1,4-7H2,2H3;1H. The topological polar surface area (TPSA) is 38.3 Å². The van der Waals surface area contributed by atoms with Crippen molar-refractivity contribution in [1.29, 1.82) is 0 Å². The second kappa shape index (κ2) is 10.5. The molecule has 72 valence electrons. The SMILES string of the molecule is C=CC(=O)OCCCNCC.Cl. The molecule has 0 aliphatic carbocycles. The largest absolute Gasteiger partial charge is 0.462 e. The van der Waals surface area contributed by atoms with E-state index in [1.54, 1.807) is 0 Å². The van der Waals surface area contributed by atoms with E-state index < -0.39 is 0 Å². The van der Waals surface area contributed by atoms with Gasteiger partial charge >= 0.3 is 5.97 Å². The van der Waals surface area contributed by atoms with Crippen molar-refractivity contribution in [3.8, 4) is 0 Å². The second-order valence-corrected chi connectivity index (χ2v) is 2.08. The molecule has 0 bridgehead atoms. The minimum atomic E-state index is -0.346. The van der Waals surface area contributed by atoms with Gasteiger partial charge in [-0.05, 0) is 19.5 Å². The molecule has 0 aliphatic heterocycles. The van der Waals surface area contributed by atoms with Gasteiger partial charge < -0.3 is 10.1 Å². The lowest BCUT2D eigenvalue weighted by molar-refractivity contribution is -0.137. The van der Waals surface area contributed by atoms with Crippen LogP contribution in [0, 0.1) is 0 Å². The molecule has 0 spiro atoms. The van der Waals surface area contributed by atoms with Gasteiger partial charge in [-0.1, -0.05) is 13.5 Å². The summed E-state index contributed by atoms with van der Waals surface area (Å²) in [5.74, 6) is -0.346. The molecule has 0 saturated carbocycles. The molecule has 3 nitrogen and oxygen atoms in total. The summed E-state index contributed by atoms with van der Waals surface area (Å²) in [6.45, 7) is 7.64. The Morgan fingerprint density at radius 3 is 2.83 bits per heavy atom. The first-order valence-corrected chi connectivity index (χ1v) is 3.81. The summed E-state index contributed by atoms with van der Waals surface area (Å²) >= 11 is 0. The molecular formula is C8H16ClNO2. The molecule has 0 aromatic heterocycles. The Morgan fingerprint density at radius 2 is 2.33 bits per heavy atom. The van der Waals surface area contributed by atoms with E-state index >= 15 is 0 Å². The van der Waals surface area contributed by atoms with Crippen molar-refractivity contribution >= 4 is 18.4 Å². The van der Waals surface area contributed by atoms with Crippen LogP contribution < -0.4 is 5.32 Å². The first-order chi connectivity index (χ1) is 5.31. The molecule has 0 aliphatic rings. The van der Waals surface area contributed by atoms with Crippen molar-refractivity contribution in [2.24, 2.45) is 0 Å². The van der Waals surface area contributed by atoms with Gasteiger partial charge in [0, 0.05) is 6.08 Å². The zero-order valence-corrected chi connectivity index (χ0v) is 8.15. The molecular weight excluding hydrogens is 178 g/mol. The zero-order chi connectivity index (χ0) is 8.53. The minimum absolute atomic E-state index is 0. The van der Waals surface area contributed by atoms with Gasteiger partial charge in [0.15, 0.2) is 0 Å². The second-order valence-electron chi connectivity index (χ2n) is 2.08. The van der Waals surface area contributed by atoms with E-state index in [1.807, 2.05) is 6.92 Å². The van der Waals surface area contributed by atoms with Crippen LogP contribution in [0.4, 0.5) is 0 Å². The van der Waals surface area contributed by atoms with E-state index in [0.29, 0.717) is 6.61 Å². The number of carbonyl (C=O) groups is 1. The molecule has 4 heteroatoms. The van der Waals surface area contributed by atoms with Crippen molar-refractivity contribution in [2.75, 3.05) is 19.7 Å². The number of ether oxygens (including phenoxy) is 1. The third-order valence-electron chi connectivity index (χ3n) is 1.16. The fraction of sp³-hybridized carbons (Fsp3) is 0.625. The average molecular weight is 194 g/mol. The number of carbonyl (C=O) groups excluding carboxylic acids is 1. The minimum Gasteiger partial charge on any atom is -0.462 e. The molecule has 0 fully saturated rings. The predicted molar refractivity (Wildman–Crippen MR) is 51.6 cm³/mol. The highest BCUT2D eigenvalue weighted by molar-refractivity contribution is 5.85. The van der Waals surface area contributed by atoms with Crippen LogP contribution in [-0.4, -0.2) is 25.7 Å². The average Bonchev–Trinajstić information content (AvgIpc) is 2.04. The summed E-state index contributed by atoms with van der Waals surface area (Å²) < 4.78 is 4.74. The number of hydrogen-bond donors (Lipinski definition) is 1. The van der Waals surface area contributed by atoms with Crippen molar-refractivity contribution < 1.29 is 9.53 Å². The summed E-state index contributed by atoms with van der Waals surface area (Å²) in [6, 6.07) is 0. The van der Waals surface area contributed by atoms with Crippen molar-refractivity contribution in [3.63, 3.8) is 0 Å².